The molecule has 0 fully saturated rings. The molecular formula is C51H30N4OS. The number of benzene rings is 8. The molecular weight excluding hydrogens is 717 g/mol. The van der Waals surface area contributed by atoms with E-state index in [9.17, 15) is 0 Å². The molecule has 0 saturated carbocycles. The van der Waals surface area contributed by atoms with Gasteiger partial charge in [-0.3, -0.25) is 0 Å². The third-order valence-corrected chi connectivity index (χ3v) is 12.3. The number of hydrogen-bond acceptors (Lipinski definition) is 5. The number of hydrogen-bond donors (Lipinski definition) is 0. The molecule has 0 aliphatic heterocycles. The topological polar surface area (TPSA) is 56.7 Å². The first-order valence-corrected chi connectivity index (χ1v) is 19.8. The normalized spacial score (nSPS) is 11.9. The summed E-state index contributed by atoms with van der Waals surface area (Å²) < 4.78 is 11.1. The van der Waals surface area contributed by atoms with Crippen molar-refractivity contribution in [3.8, 4) is 51.0 Å². The highest BCUT2D eigenvalue weighted by molar-refractivity contribution is 7.27. The maximum Gasteiger partial charge on any atom is 0.165 e. The molecule has 12 aromatic rings. The van der Waals surface area contributed by atoms with Gasteiger partial charge >= 0.3 is 0 Å². The molecule has 0 bridgehead atoms. The predicted molar refractivity (Wildman–Crippen MR) is 236 cm³/mol. The summed E-state index contributed by atoms with van der Waals surface area (Å²) in [6, 6.07) is 63.7. The molecule has 0 atom stereocenters. The van der Waals surface area contributed by atoms with E-state index in [0.717, 1.165) is 60.1 Å². The average Bonchev–Trinajstić information content (AvgIpc) is 3.96. The fourth-order valence-electron chi connectivity index (χ4n) is 8.40. The molecule has 0 aliphatic rings. The van der Waals surface area contributed by atoms with Gasteiger partial charge < -0.3 is 8.98 Å². The molecule has 5 nitrogen and oxygen atoms in total. The average molecular weight is 747 g/mol. The molecule has 4 aromatic heterocycles. The fraction of sp³-hybridized carbons (Fsp3) is 0. The van der Waals surface area contributed by atoms with E-state index in [0.29, 0.717) is 17.5 Å². The van der Waals surface area contributed by atoms with E-state index in [1.165, 1.54) is 37.3 Å². The van der Waals surface area contributed by atoms with Crippen LogP contribution in [0.1, 0.15) is 0 Å². The molecule has 0 N–H and O–H groups in total. The van der Waals surface area contributed by atoms with Crippen molar-refractivity contribution in [1.82, 2.24) is 19.5 Å². The third-order valence-electron chi connectivity index (χ3n) is 11.0. The Bertz CT molecular complexity index is 3510. The standard InChI is InChI=1S/C51H30N4OS/c1-4-14-31(15-5-1)34-28-41-40-27-26-39-36-20-10-12-22-43(36)55(35-18-8-3-9-19-35)46(39)48(40)57-47(41)42(29-34)51-53-49(32-16-6-2-7-17-32)52-50(54-51)33-24-25-38-37-21-11-13-23-44(37)56-45(38)30-33/h1-30H. The molecule has 8 aromatic carbocycles. The van der Waals surface area contributed by atoms with Crippen molar-refractivity contribution in [1.29, 1.82) is 0 Å². The molecule has 266 valence electrons. The summed E-state index contributed by atoms with van der Waals surface area (Å²) in [4.78, 5) is 15.7. The second-order valence-electron chi connectivity index (χ2n) is 14.4. The van der Waals surface area contributed by atoms with Gasteiger partial charge in [-0.25, -0.2) is 15.0 Å². The highest BCUT2D eigenvalue weighted by Gasteiger charge is 2.22. The van der Waals surface area contributed by atoms with Crippen molar-refractivity contribution in [3.63, 3.8) is 0 Å². The second-order valence-corrected chi connectivity index (χ2v) is 15.4. The van der Waals surface area contributed by atoms with Gasteiger partial charge in [0.1, 0.15) is 11.2 Å². The second kappa shape index (κ2) is 12.6. The zero-order valence-electron chi connectivity index (χ0n) is 30.4. The summed E-state index contributed by atoms with van der Waals surface area (Å²) in [6.07, 6.45) is 0. The predicted octanol–water partition coefficient (Wildman–Crippen LogP) is 13.9. The van der Waals surface area contributed by atoms with Gasteiger partial charge in [0.2, 0.25) is 0 Å². The smallest absolute Gasteiger partial charge is 0.165 e. The van der Waals surface area contributed by atoms with Crippen LogP contribution < -0.4 is 0 Å². The van der Waals surface area contributed by atoms with E-state index in [1.807, 2.05) is 47.7 Å². The van der Waals surface area contributed by atoms with Crippen LogP contribution in [0, 0.1) is 0 Å². The lowest BCUT2D eigenvalue weighted by atomic mass is 9.98. The van der Waals surface area contributed by atoms with Gasteiger partial charge in [-0.2, -0.15) is 0 Å². The van der Waals surface area contributed by atoms with Gasteiger partial charge in [0.15, 0.2) is 17.5 Å². The number of para-hydroxylation sites is 3. The van der Waals surface area contributed by atoms with Crippen molar-refractivity contribution in [2.45, 2.75) is 0 Å². The van der Waals surface area contributed by atoms with Crippen molar-refractivity contribution in [2.24, 2.45) is 0 Å². The van der Waals surface area contributed by atoms with E-state index < -0.39 is 0 Å². The van der Waals surface area contributed by atoms with Crippen LogP contribution in [0.25, 0.3) is 115 Å². The minimum atomic E-state index is 0.590. The third kappa shape index (κ3) is 5.04. The quantitative estimate of drug-likeness (QED) is 0.176. The minimum absolute atomic E-state index is 0.590. The first kappa shape index (κ1) is 31.9. The monoisotopic (exact) mass is 746 g/mol. The van der Waals surface area contributed by atoms with Crippen molar-refractivity contribution < 1.29 is 4.42 Å². The molecule has 0 saturated heterocycles. The van der Waals surface area contributed by atoms with Gasteiger partial charge in [0.25, 0.3) is 0 Å². The number of furan rings is 1. The Morgan fingerprint density at radius 1 is 0.386 bits per heavy atom. The number of aromatic nitrogens is 4. The molecule has 0 unspecified atom stereocenters. The van der Waals surface area contributed by atoms with Crippen LogP contribution in [-0.4, -0.2) is 19.5 Å². The molecule has 0 spiro atoms. The maximum atomic E-state index is 6.33. The van der Waals surface area contributed by atoms with Crippen LogP contribution in [0.4, 0.5) is 0 Å². The highest BCUT2D eigenvalue weighted by atomic mass is 32.1. The van der Waals surface area contributed by atoms with E-state index >= 15 is 0 Å². The zero-order chi connectivity index (χ0) is 37.5. The van der Waals surface area contributed by atoms with Gasteiger partial charge in [-0.1, -0.05) is 133 Å². The van der Waals surface area contributed by atoms with Crippen LogP contribution in [0.15, 0.2) is 186 Å². The minimum Gasteiger partial charge on any atom is -0.456 e. The van der Waals surface area contributed by atoms with Crippen LogP contribution >= 0.6 is 11.3 Å². The Hall–Kier alpha value is -7.41. The summed E-state index contributed by atoms with van der Waals surface area (Å²) in [5, 5.41) is 6.99. The lowest BCUT2D eigenvalue weighted by Crippen LogP contribution is -2.00. The summed E-state index contributed by atoms with van der Waals surface area (Å²) in [7, 11) is 0. The number of rotatable bonds is 5. The van der Waals surface area contributed by atoms with E-state index in [4.69, 9.17) is 19.4 Å². The molecule has 4 heterocycles. The summed E-state index contributed by atoms with van der Waals surface area (Å²) >= 11 is 1.81. The largest absolute Gasteiger partial charge is 0.456 e. The molecule has 0 aliphatic carbocycles. The lowest BCUT2D eigenvalue weighted by molar-refractivity contribution is 0.669. The Morgan fingerprint density at radius 3 is 1.81 bits per heavy atom. The van der Waals surface area contributed by atoms with Crippen LogP contribution in [-0.2, 0) is 0 Å². The zero-order valence-corrected chi connectivity index (χ0v) is 31.2. The van der Waals surface area contributed by atoms with Crippen molar-refractivity contribution in [2.75, 3.05) is 0 Å². The first-order chi connectivity index (χ1) is 28.2. The lowest BCUT2D eigenvalue weighted by Gasteiger charge is -2.11. The van der Waals surface area contributed by atoms with E-state index in [1.54, 1.807) is 0 Å². The van der Waals surface area contributed by atoms with Crippen LogP contribution in [0.5, 0.6) is 0 Å². The van der Waals surface area contributed by atoms with Gasteiger partial charge in [0.05, 0.1) is 15.7 Å². The summed E-state index contributed by atoms with van der Waals surface area (Å²) in [5.74, 6) is 1.83. The SMILES string of the molecule is c1ccc(-c2cc(-c3nc(-c4ccccc4)nc(-c4ccc5c(c4)oc4ccccc45)n3)c3sc4c(ccc5c6ccccc6n(-c6ccccc6)c54)c3c2)cc1. The Labute approximate surface area is 330 Å². The molecule has 12 rings (SSSR count). The number of fused-ring (bicyclic) bond motifs is 10. The summed E-state index contributed by atoms with van der Waals surface area (Å²) in [5.41, 5.74) is 10.2. The Balaban J connectivity index is 1.17. The molecule has 57 heavy (non-hydrogen) atoms. The molecule has 0 amide bonds. The van der Waals surface area contributed by atoms with E-state index in [2.05, 4.69) is 150 Å². The first-order valence-electron chi connectivity index (χ1n) is 19.0. The van der Waals surface area contributed by atoms with Gasteiger partial charge in [-0.05, 0) is 59.7 Å². The Kier molecular flexibility index (Phi) is 7.03. The maximum absolute atomic E-state index is 6.33. The van der Waals surface area contributed by atoms with E-state index in [-0.39, 0.29) is 0 Å². The van der Waals surface area contributed by atoms with Crippen molar-refractivity contribution in [3.05, 3.63) is 182 Å². The fourth-order valence-corrected chi connectivity index (χ4v) is 9.73. The van der Waals surface area contributed by atoms with Crippen molar-refractivity contribution >= 4 is 75.3 Å². The van der Waals surface area contributed by atoms with Gasteiger partial charge in [0, 0.05) is 59.4 Å². The van der Waals surface area contributed by atoms with Crippen LogP contribution in [0.2, 0.25) is 0 Å². The highest BCUT2D eigenvalue weighted by Crippen LogP contribution is 2.47. The summed E-state index contributed by atoms with van der Waals surface area (Å²) in [6.45, 7) is 0. The number of nitrogens with zero attached hydrogens (tertiary/aromatic N) is 4. The molecule has 0 radical (unpaired) electrons. The molecule has 6 heteroatoms. The number of thiophene rings is 1. The van der Waals surface area contributed by atoms with Crippen LogP contribution in [0.3, 0.4) is 0 Å². The Morgan fingerprint density at radius 2 is 1.00 bits per heavy atom. The van der Waals surface area contributed by atoms with Gasteiger partial charge in [-0.15, -0.1) is 11.3 Å².